The SMILES string of the molecule is Cc1cc(C(=O)Oc2ccc(C#N)c(Cl)c2)n(C)n1. The van der Waals surface area contributed by atoms with Crippen LogP contribution in [0.4, 0.5) is 0 Å². The van der Waals surface area contributed by atoms with Crippen molar-refractivity contribution in [3.8, 4) is 11.8 Å². The summed E-state index contributed by atoms with van der Waals surface area (Å²) in [7, 11) is 1.66. The third kappa shape index (κ3) is 2.75. The Balaban J connectivity index is 2.22. The van der Waals surface area contributed by atoms with Crippen LogP contribution in [-0.2, 0) is 7.05 Å². The van der Waals surface area contributed by atoms with Gasteiger partial charge in [0.2, 0.25) is 0 Å². The number of halogens is 1. The van der Waals surface area contributed by atoms with Gasteiger partial charge in [0, 0.05) is 13.1 Å². The molecule has 2 rings (SSSR count). The van der Waals surface area contributed by atoms with Crippen molar-refractivity contribution in [1.29, 1.82) is 5.26 Å². The van der Waals surface area contributed by atoms with Crippen LogP contribution in [-0.4, -0.2) is 15.7 Å². The summed E-state index contributed by atoms with van der Waals surface area (Å²) in [6, 6.07) is 8.02. The van der Waals surface area contributed by atoms with Crippen LogP contribution in [0.3, 0.4) is 0 Å². The van der Waals surface area contributed by atoms with Gasteiger partial charge < -0.3 is 4.74 Å². The minimum Gasteiger partial charge on any atom is -0.422 e. The predicted molar refractivity (Wildman–Crippen MR) is 69.1 cm³/mol. The van der Waals surface area contributed by atoms with E-state index >= 15 is 0 Å². The Morgan fingerprint density at radius 2 is 2.21 bits per heavy atom. The molecule has 0 saturated carbocycles. The van der Waals surface area contributed by atoms with Gasteiger partial charge in [0.05, 0.1) is 16.3 Å². The maximum absolute atomic E-state index is 11.9. The summed E-state index contributed by atoms with van der Waals surface area (Å²) in [6.45, 7) is 1.79. The normalized spacial score (nSPS) is 10.0. The monoisotopic (exact) mass is 275 g/mol. The largest absolute Gasteiger partial charge is 0.422 e. The molecule has 0 saturated heterocycles. The molecule has 0 fully saturated rings. The van der Waals surface area contributed by atoms with Crippen LogP contribution in [0, 0.1) is 18.3 Å². The molecule has 0 spiro atoms. The number of nitrogens with zero attached hydrogens (tertiary/aromatic N) is 3. The first-order valence-corrected chi connectivity index (χ1v) is 5.81. The molecule has 0 amide bonds. The number of esters is 1. The molecule has 0 aliphatic carbocycles. The first kappa shape index (κ1) is 13.1. The Kier molecular flexibility index (Phi) is 3.54. The van der Waals surface area contributed by atoms with Gasteiger partial charge in [-0.05, 0) is 25.1 Å². The van der Waals surface area contributed by atoms with Crippen LogP contribution in [0.1, 0.15) is 21.7 Å². The zero-order valence-corrected chi connectivity index (χ0v) is 11.1. The van der Waals surface area contributed by atoms with Crippen LogP contribution in [0.2, 0.25) is 5.02 Å². The molecule has 19 heavy (non-hydrogen) atoms. The molecule has 0 N–H and O–H groups in total. The van der Waals surface area contributed by atoms with E-state index < -0.39 is 5.97 Å². The number of nitriles is 1. The number of hydrogen-bond donors (Lipinski definition) is 0. The Morgan fingerprint density at radius 3 is 2.74 bits per heavy atom. The highest BCUT2D eigenvalue weighted by atomic mass is 35.5. The van der Waals surface area contributed by atoms with Crippen LogP contribution in [0.15, 0.2) is 24.3 Å². The minimum absolute atomic E-state index is 0.244. The van der Waals surface area contributed by atoms with Crippen LogP contribution < -0.4 is 4.74 Å². The lowest BCUT2D eigenvalue weighted by Crippen LogP contribution is -2.13. The smallest absolute Gasteiger partial charge is 0.361 e. The van der Waals surface area contributed by atoms with E-state index in [9.17, 15) is 4.79 Å². The average molecular weight is 276 g/mol. The summed E-state index contributed by atoms with van der Waals surface area (Å²) in [5.74, 6) is -0.239. The number of carbonyl (C=O) groups is 1. The standard InChI is InChI=1S/C13H10ClN3O2/c1-8-5-12(17(2)16-8)13(18)19-10-4-3-9(7-15)11(14)6-10/h3-6H,1-2H3. The molecule has 0 aliphatic rings. The van der Waals surface area contributed by atoms with Gasteiger partial charge in [-0.15, -0.1) is 0 Å². The van der Waals surface area contributed by atoms with E-state index in [1.807, 2.05) is 6.07 Å². The fourth-order valence-corrected chi connectivity index (χ4v) is 1.82. The molecule has 6 heteroatoms. The maximum Gasteiger partial charge on any atom is 0.361 e. The van der Waals surface area contributed by atoms with Gasteiger partial charge in [-0.1, -0.05) is 11.6 Å². The molecule has 1 aromatic carbocycles. The topological polar surface area (TPSA) is 67.9 Å². The number of ether oxygens (including phenoxy) is 1. The number of carbonyl (C=O) groups excluding carboxylic acids is 1. The van der Waals surface area contributed by atoms with Crippen molar-refractivity contribution < 1.29 is 9.53 Å². The Hall–Kier alpha value is -2.32. The quantitative estimate of drug-likeness (QED) is 0.624. The van der Waals surface area contributed by atoms with Crippen molar-refractivity contribution in [3.63, 3.8) is 0 Å². The zero-order chi connectivity index (χ0) is 14.0. The summed E-state index contributed by atoms with van der Waals surface area (Å²) in [6.07, 6.45) is 0. The molecule has 0 radical (unpaired) electrons. The minimum atomic E-state index is -0.524. The number of rotatable bonds is 2. The maximum atomic E-state index is 11.9. The van der Waals surface area contributed by atoms with Crippen molar-refractivity contribution >= 4 is 17.6 Å². The Bertz CT molecular complexity index is 686. The predicted octanol–water partition coefficient (Wildman–Crippen LogP) is 2.47. The van der Waals surface area contributed by atoms with Gasteiger partial charge in [0.1, 0.15) is 17.5 Å². The van der Waals surface area contributed by atoms with E-state index in [1.165, 1.54) is 22.9 Å². The van der Waals surface area contributed by atoms with Crippen molar-refractivity contribution in [2.24, 2.45) is 7.05 Å². The Morgan fingerprint density at radius 1 is 1.47 bits per heavy atom. The highest BCUT2D eigenvalue weighted by molar-refractivity contribution is 6.31. The van der Waals surface area contributed by atoms with Crippen molar-refractivity contribution in [2.45, 2.75) is 6.92 Å². The molecule has 0 atom stereocenters. The molecule has 0 unspecified atom stereocenters. The highest BCUT2D eigenvalue weighted by Gasteiger charge is 2.14. The zero-order valence-electron chi connectivity index (χ0n) is 10.3. The van der Waals surface area contributed by atoms with E-state index in [2.05, 4.69) is 5.10 Å². The van der Waals surface area contributed by atoms with Gasteiger partial charge in [-0.2, -0.15) is 10.4 Å². The molecule has 0 aliphatic heterocycles. The van der Waals surface area contributed by atoms with Gasteiger partial charge in [0.15, 0.2) is 0 Å². The molecule has 1 aromatic heterocycles. The lowest BCUT2D eigenvalue weighted by Gasteiger charge is -2.05. The van der Waals surface area contributed by atoms with Crippen LogP contribution in [0.25, 0.3) is 0 Å². The van der Waals surface area contributed by atoms with Gasteiger partial charge in [0.25, 0.3) is 0 Å². The summed E-state index contributed by atoms with van der Waals surface area (Å²) in [5, 5.41) is 13.1. The molecule has 1 heterocycles. The summed E-state index contributed by atoms with van der Waals surface area (Å²) in [4.78, 5) is 11.9. The molecule has 96 valence electrons. The van der Waals surface area contributed by atoms with Crippen molar-refractivity contribution in [1.82, 2.24) is 9.78 Å². The number of aromatic nitrogens is 2. The van der Waals surface area contributed by atoms with E-state index in [0.29, 0.717) is 11.3 Å². The molecule has 2 aromatic rings. The molecular formula is C13H10ClN3O2. The lowest BCUT2D eigenvalue weighted by molar-refractivity contribution is 0.0723. The van der Waals surface area contributed by atoms with Crippen molar-refractivity contribution in [3.05, 3.63) is 46.2 Å². The second-order valence-electron chi connectivity index (χ2n) is 3.94. The third-order valence-corrected chi connectivity index (χ3v) is 2.80. The van der Waals surface area contributed by atoms with E-state index in [0.717, 1.165) is 5.69 Å². The van der Waals surface area contributed by atoms with E-state index in [1.54, 1.807) is 20.0 Å². The second-order valence-corrected chi connectivity index (χ2v) is 4.34. The number of hydrogen-bond acceptors (Lipinski definition) is 4. The molecule has 0 bridgehead atoms. The first-order valence-electron chi connectivity index (χ1n) is 5.43. The second kappa shape index (κ2) is 5.12. The number of aryl methyl sites for hydroxylation is 2. The van der Waals surface area contributed by atoms with Gasteiger partial charge in [-0.25, -0.2) is 4.79 Å². The highest BCUT2D eigenvalue weighted by Crippen LogP contribution is 2.22. The van der Waals surface area contributed by atoms with Crippen LogP contribution in [0.5, 0.6) is 5.75 Å². The average Bonchev–Trinajstić information content (AvgIpc) is 2.69. The van der Waals surface area contributed by atoms with E-state index in [4.69, 9.17) is 21.6 Å². The molecular weight excluding hydrogens is 266 g/mol. The van der Waals surface area contributed by atoms with Gasteiger partial charge >= 0.3 is 5.97 Å². The number of benzene rings is 1. The Labute approximate surface area is 115 Å². The summed E-state index contributed by atoms with van der Waals surface area (Å²) >= 11 is 5.86. The van der Waals surface area contributed by atoms with Crippen LogP contribution >= 0.6 is 11.6 Å². The first-order chi connectivity index (χ1) is 9.01. The van der Waals surface area contributed by atoms with E-state index in [-0.39, 0.29) is 10.8 Å². The van der Waals surface area contributed by atoms with Crippen molar-refractivity contribution in [2.75, 3.05) is 0 Å². The summed E-state index contributed by atoms with van der Waals surface area (Å²) < 4.78 is 6.63. The third-order valence-electron chi connectivity index (χ3n) is 2.48. The molecule has 5 nitrogen and oxygen atoms in total. The summed E-state index contributed by atoms with van der Waals surface area (Å²) in [5.41, 5.74) is 1.41. The fourth-order valence-electron chi connectivity index (χ4n) is 1.61. The fraction of sp³-hybridized carbons (Fsp3) is 0.154. The lowest BCUT2D eigenvalue weighted by atomic mass is 10.2. The van der Waals surface area contributed by atoms with Gasteiger partial charge in [-0.3, -0.25) is 4.68 Å².